The lowest BCUT2D eigenvalue weighted by Gasteiger charge is -2.19. The molecule has 1 heterocycles. The minimum absolute atomic E-state index is 0.152. The minimum atomic E-state index is 0.152. The molecule has 0 aliphatic rings. The van der Waals surface area contributed by atoms with Gasteiger partial charge in [-0.1, -0.05) is 0 Å². The van der Waals surface area contributed by atoms with Crippen molar-refractivity contribution in [3.05, 3.63) is 35.7 Å². The first kappa shape index (κ1) is 14.2. The lowest BCUT2D eigenvalue weighted by Crippen LogP contribution is -2.12. The van der Waals surface area contributed by atoms with E-state index in [-0.39, 0.29) is 6.04 Å². The Morgan fingerprint density at radius 1 is 1.20 bits per heavy atom. The van der Waals surface area contributed by atoms with Gasteiger partial charge in [-0.3, -0.25) is 4.68 Å². The van der Waals surface area contributed by atoms with Gasteiger partial charge in [-0.15, -0.1) is 0 Å². The molecular formula is C15H21N3O2. The van der Waals surface area contributed by atoms with Gasteiger partial charge in [0.1, 0.15) is 0 Å². The number of benzene rings is 1. The molecule has 1 aromatic heterocycles. The summed E-state index contributed by atoms with van der Waals surface area (Å²) in [4.78, 5) is 0. The van der Waals surface area contributed by atoms with E-state index in [0.717, 1.165) is 28.4 Å². The Hall–Kier alpha value is -2.17. The number of aryl methyl sites for hydroxylation is 2. The number of rotatable bonds is 5. The topological polar surface area (TPSA) is 48.3 Å². The van der Waals surface area contributed by atoms with Gasteiger partial charge in [0, 0.05) is 25.0 Å². The standard InChI is InChI=1S/C15H21N3O2/c1-10-8-14(19-4)15(20-5)9-12(10)17-11(2)13-6-7-16-18(13)3/h6-9,11,17H,1-5H3. The number of nitrogens with zero attached hydrogens (tertiary/aromatic N) is 2. The molecule has 0 aliphatic carbocycles. The fourth-order valence-corrected chi connectivity index (χ4v) is 2.25. The first-order valence-corrected chi connectivity index (χ1v) is 6.54. The molecule has 0 saturated carbocycles. The van der Waals surface area contributed by atoms with Crippen molar-refractivity contribution in [1.82, 2.24) is 9.78 Å². The molecule has 2 aromatic rings. The van der Waals surface area contributed by atoms with Crippen LogP contribution in [0.25, 0.3) is 0 Å². The van der Waals surface area contributed by atoms with Crippen molar-refractivity contribution in [2.24, 2.45) is 7.05 Å². The summed E-state index contributed by atoms with van der Waals surface area (Å²) >= 11 is 0. The Balaban J connectivity index is 2.27. The van der Waals surface area contributed by atoms with Gasteiger partial charge in [-0.25, -0.2) is 0 Å². The van der Waals surface area contributed by atoms with E-state index in [1.807, 2.05) is 36.9 Å². The molecule has 108 valence electrons. The van der Waals surface area contributed by atoms with Crippen LogP contribution in [-0.2, 0) is 7.05 Å². The average molecular weight is 275 g/mol. The zero-order valence-electron chi connectivity index (χ0n) is 12.6. The van der Waals surface area contributed by atoms with Crippen LogP contribution in [0, 0.1) is 6.92 Å². The summed E-state index contributed by atoms with van der Waals surface area (Å²) in [6.45, 7) is 4.15. The van der Waals surface area contributed by atoms with Crippen LogP contribution in [0.4, 0.5) is 5.69 Å². The number of ether oxygens (including phenoxy) is 2. The van der Waals surface area contributed by atoms with Crippen LogP contribution < -0.4 is 14.8 Å². The number of hydrogen-bond donors (Lipinski definition) is 1. The molecule has 2 rings (SSSR count). The number of methoxy groups -OCH3 is 2. The number of hydrogen-bond acceptors (Lipinski definition) is 4. The van der Waals surface area contributed by atoms with E-state index in [1.54, 1.807) is 20.4 Å². The van der Waals surface area contributed by atoms with Crippen LogP contribution in [0.1, 0.15) is 24.2 Å². The van der Waals surface area contributed by atoms with E-state index in [4.69, 9.17) is 9.47 Å². The third-order valence-electron chi connectivity index (χ3n) is 3.41. The van der Waals surface area contributed by atoms with Crippen LogP contribution in [0.2, 0.25) is 0 Å². The maximum atomic E-state index is 5.35. The summed E-state index contributed by atoms with van der Waals surface area (Å²) in [5.41, 5.74) is 3.26. The van der Waals surface area contributed by atoms with Crippen molar-refractivity contribution in [2.45, 2.75) is 19.9 Å². The van der Waals surface area contributed by atoms with Gasteiger partial charge in [0.05, 0.1) is 26.0 Å². The number of anilines is 1. The lowest BCUT2D eigenvalue weighted by atomic mass is 10.1. The van der Waals surface area contributed by atoms with Gasteiger partial charge >= 0.3 is 0 Å². The lowest BCUT2D eigenvalue weighted by molar-refractivity contribution is 0.355. The molecule has 5 heteroatoms. The highest BCUT2D eigenvalue weighted by atomic mass is 16.5. The first-order chi connectivity index (χ1) is 9.56. The zero-order chi connectivity index (χ0) is 14.7. The fourth-order valence-electron chi connectivity index (χ4n) is 2.25. The van der Waals surface area contributed by atoms with Crippen LogP contribution >= 0.6 is 0 Å². The van der Waals surface area contributed by atoms with Crippen LogP contribution in [0.5, 0.6) is 11.5 Å². The highest BCUT2D eigenvalue weighted by Gasteiger charge is 2.13. The maximum Gasteiger partial charge on any atom is 0.162 e. The van der Waals surface area contributed by atoms with Crippen molar-refractivity contribution < 1.29 is 9.47 Å². The van der Waals surface area contributed by atoms with Gasteiger partial charge < -0.3 is 14.8 Å². The smallest absolute Gasteiger partial charge is 0.162 e. The van der Waals surface area contributed by atoms with E-state index in [1.165, 1.54) is 0 Å². The van der Waals surface area contributed by atoms with E-state index in [2.05, 4.69) is 17.3 Å². The third kappa shape index (κ3) is 2.71. The first-order valence-electron chi connectivity index (χ1n) is 6.54. The molecular weight excluding hydrogens is 254 g/mol. The molecule has 0 radical (unpaired) electrons. The Morgan fingerprint density at radius 2 is 1.85 bits per heavy atom. The molecule has 0 amide bonds. The second-order valence-electron chi connectivity index (χ2n) is 4.77. The quantitative estimate of drug-likeness (QED) is 0.911. The predicted octanol–water partition coefficient (Wildman–Crippen LogP) is 2.92. The van der Waals surface area contributed by atoms with Crippen molar-refractivity contribution in [2.75, 3.05) is 19.5 Å². The molecule has 0 aliphatic heterocycles. The third-order valence-corrected chi connectivity index (χ3v) is 3.41. The summed E-state index contributed by atoms with van der Waals surface area (Å²) in [5.74, 6) is 1.46. The summed E-state index contributed by atoms with van der Waals surface area (Å²) in [5, 5.41) is 7.68. The Bertz CT molecular complexity index is 593. The Morgan fingerprint density at radius 3 is 2.40 bits per heavy atom. The minimum Gasteiger partial charge on any atom is -0.493 e. The molecule has 1 N–H and O–H groups in total. The molecule has 1 atom stereocenters. The van der Waals surface area contributed by atoms with Crippen LogP contribution in [0.15, 0.2) is 24.4 Å². The fraction of sp³-hybridized carbons (Fsp3) is 0.400. The highest BCUT2D eigenvalue weighted by molar-refractivity contribution is 5.60. The molecule has 0 fully saturated rings. The molecule has 1 aromatic carbocycles. The zero-order valence-corrected chi connectivity index (χ0v) is 12.6. The summed E-state index contributed by atoms with van der Waals surface area (Å²) in [7, 11) is 5.22. The molecule has 0 bridgehead atoms. The van der Waals surface area contributed by atoms with E-state index in [0.29, 0.717) is 0 Å². The van der Waals surface area contributed by atoms with Gasteiger partial charge in [0.15, 0.2) is 11.5 Å². The molecule has 5 nitrogen and oxygen atoms in total. The Kier molecular flexibility index (Phi) is 4.17. The van der Waals surface area contributed by atoms with E-state index in [9.17, 15) is 0 Å². The highest BCUT2D eigenvalue weighted by Crippen LogP contribution is 2.34. The van der Waals surface area contributed by atoms with Crippen LogP contribution in [0.3, 0.4) is 0 Å². The predicted molar refractivity (Wildman–Crippen MR) is 79.5 cm³/mol. The van der Waals surface area contributed by atoms with Crippen molar-refractivity contribution in [1.29, 1.82) is 0 Å². The van der Waals surface area contributed by atoms with E-state index < -0.39 is 0 Å². The second-order valence-corrected chi connectivity index (χ2v) is 4.77. The van der Waals surface area contributed by atoms with Gasteiger partial charge in [0.2, 0.25) is 0 Å². The number of aromatic nitrogens is 2. The van der Waals surface area contributed by atoms with Crippen molar-refractivity contribution >= 4 is 5.69 Å². The van der Waals surface area contributed by atoms with Crippen LogP contribution in [-0.4, -0.2) is 24.0 Å². The average Bonchev–Trinajstić information content (AvgIpc) is 2.86. The van der Waals surface area contributed by atoms with Gasteiger partial charge in [0.25, 0.3) is 0 Å². The van der Waals surface area contributed by atoms with Gasteiger partial charge in [-0.05, 0) is 31.5 Å². The SMILES string of the molecule is COc1cc(C)c(NC(C)c2ccnn2C)cc1OC. The molecule has 20 heavy (non-hydrogen) atoms. The van der Waals surface area contributed by atoms with Crippen molar-refractivity contribution in [3.63, 3.8) is 0 Å². The van der Waals surface area contributed by atoms with Gasteiger partial charge in [-0.2, -0.15) is 5.10 Å². The molecule has 1 unspecified atom stereocenters. The summed E-state index contributed by atoms with van der Waals surface area (Å²) in [6.07, 6.45) is 1.80. The normalized spacial score (nSPS) is 12.1. The largest absolute Gasteiger partial charge is 0.493 e. The maximum absolute atomic E-state index is 5.35. The number of nitrogens with one attached hydrogen (secondary N) is 1. The summed E-state index contributed by atoms with van der Waals surface area (Å²) < 4.78 is 12.5. The van der Waals surface area contributed by atoms with E-state index >= 15 is 0 Å². The second kappa shape index (κ2) is 5.86. The van der Waals surface area contributed by atoms with Crippen molar-refractivity contribution in [3.8, 4) is 11.5 Å². The monoisotopic (exact) mass is 275 g/mol. The summed E-state index contributed by atoms with van der Waals surface area (Å²) in [6, 6.07) is 6.09. The molecule has 0 saturated heterocycles. The Labute approximate surface area is 119 Å². The molecule has 0 spiro atoms.